The molecule has 0 bridgehead atoms. The summed E-state index contributed by atoms with van der Waals surface area (Å²) in [6.45, 7) is 16.0. The first-order chi connectivity index (χ1) is 21.8. The molecule has 0 aromatic heterocycles. The minimum atomic E-state index is -1.12. The summed E-state index contributed by atoms with van der Waals surface area (Å²) in [6, 6.07) is 5.72. The lowest BCUT2D eigenvalue weighted by molar-refractivity contribution is -0.132. The molecule has 8 nitrogen and oxygen atoms in total. The highest BCUT2D eigenvalue weighted by atomic mass is 35.5. The normalized spacial score (nSPS) is 17.0. The Kier molecular flexibility index (Phi) is 24.2. The maximum Gasteiger partial charge on any atom is 0.410 e. The number of methoxy groups -OCH3 is 1. The average Bonchev–Trinajstić information content (AvgIpc) is 3.33. The number of carboxylic acids is 1. The van der Waals surface area contributed by atoms with Gasteiger partial charge in [0.05, 0.1) is 17.2 Å². The number of carbonyl (C=O) groups excluding carboxylic acids is 1. The van der Waals surface area contributed by atoms with Crippen molar-refractivity contribution in [3.63, 3.8) is 0 Å². The van der Waals surface area contributed by atoms with Crippen molar-refractivity contribution >= 4 is 38.5 Å². The van der Waals surface area contributed by atoms with Crippen LogP contribution in [0.15, 0.2) is 70.6 Å². The predicted molar refractivity (Wildman–Crippen MR) is 196 cm³/mol. The smallest absolute Gasteiger partial charge is 0.410 e. The van der Waals surface area contributed by atoms with Gasteiger partial charge in [0.2, 0.25) is 0 Å². The molecule has 2 unspecified atom stereocenters. The SMILES string of the molecule is C#C.CC.CCOC.C\C=C/C(P)=C\C=C(/C)c1ccc(CN(C)CCC2(C)CN(C/C=C(Cl)\C(=C/C)C(=O)O)C(=O)O2)cc1O. The van der Waals surface area contributed by atoms with Crippen LogP contribution in [0, 0.1) is 12.8 Å². The van der Waals surface area contributed by atoms with E-state index in [0.717, 1.165) is 28.6 Å². The number of nitrogens with zero attached hydrogens (tertiary/aromatic N) is 2. The molecule has 1 aromatic rings. The van der Waals surface area contributed by atoms with Crippen LogP contribution >= 0.6 is 20.8 Å². The van der Waals surface area contributed by atoms with Gasteiger partial charge >= 0.3 is 12.1 Å². The molecule has 0 radical (unpaired) electrons. The van der Waals surface area contributed by atoms with Crippen molar-refractivity contribution in [2.45, 2.75) is 67.0 Å². The number of carboxylic acid groups (broad SMARTS) is 1. The number of rotatable bonds is 13. The van der Waals surface area contributed by atoms with E-state index in [2.05, 4.69) is 31.7 Å². The zero-order valence-corrected chi connectivity index (χ0v) is 30.9. The summed E-state index contributed by atoms with van der Waals surface area (Å²) in [5.41, 5.74) is 2.05. The first-order valence-corrected chi connectivity index (χ1v) is 16.1. The molecule has 1 heterocycles. The Labute approximate surface area is 284 Å². The molecule has 256 valence electrons. The molecule has 46 heavy (non-hydrogen) atoms. The van der Waals surface area contributed by atoms with Crippen molar-refractivity contribution < 1.29 is 29.3 Å². The van der Waals surface area contributed by atoms with E-state index in [-0.39, 0.29) is 22.9 Å². The molecule has 10 heteroatoms. The third-order valence-corrected chi connectivity index (χ3v) is 7.26. The van der Waals surface area contributed by atoms with Crippen molar-refractivity contribution in [2.24, 2.45) is 0 Å². The fraction of sp³-hybridized carbons (Fsp3) is 0.444. The van der Waals surface area contributed by atoms with Gasteiger partial charge in [-0.2, -0.15) is 0 Å². The van der Waals surface area contributed by atoms with Gasteiger partial charge in [0.15, 0.2) is 0 Å². The number of aromatic hydroxyl groups is 1. The highest BCUT2D eigenvalue weighted by Gasteiger charge is 2.40. The van der Waals surface area contributed by atoms with E-state index < -0.39 is 17.7 Å². The van der Waals surface area contributed by atoms with E-state index in [1.165, 1.54) is 17.1 Å². The van der Waals surface area contributed by atoms with Crippen LogP contribution in [-0.2, 0) is 20.8 Å². The predicted octanol–water partition coefficient (Wildman–Crippen LogP) is 8.25. The summed E-state index contributed by atoms with van der Waals surface area (Å²) in [7, 11) is 6.33. The Morgan fingerprint density at radius 3 is 2.37 bits per heavy atom. The number of amides is 1. The van der Waals surface area contributed by atoms with Gasteiger partial charge in [-0.05, 0) is 70.3 Å². The number of halogens is 1. The highest BCUT2D eigenvalue weighted by molar-refractivity contribution is 7.22. The van der Waals surface area contributed by atoms with Crippen LogP contribution < -0.4 is 0 Å². The van der Waals surface area contributed by atoms with Gasteiger partial charge in [-0.3, -0.25) is 0 Å². The highest BCUT2D eigenvalue weighted by Crippen LogP contribution is 2.29. The Balaban J connectivity index is 0. The number of hydrogen-bond acceptors (Lipinski definition) is 6. The summed E-state index contributed by atoms with van der Waals surface area (Å²) in [5.74, 6) is -0.885. The summed E-state index contributed by atoms with van der Waals surface area (Å²) < 4.78 is 10.2. The maximum absolute atomic E-state index is 12.4. The number of benzene rings is 1. The topological polar surface area (TPSA) is 99.5 Å². The van der Waals surface area contributed by atoms with Gasteiger partial charge in [0.1, 0.15) is 11.4 Å². The number of cyclic esters (lactones) is 1. The molecule has 1 aromatic carbocycles. The minimum Gasteiger partial charge on any atom is -0.507 e. The Morgan fingerprint density at radius 2 is 1.87 bits per heavy atom. The van der Waals surface area contributed by atoms with Gasteiger partial charge in [-0.15, -0.1) is 22.1 Å². The molecule has 2 rings (SSSR count). The van der Waals surface area contributed by atoms with E-state index >= 15 is 0 Å². The summed E-state index contributed by atoms with van der Waals surface area (Å²) in [6.07, 6.45) is 19.0. The van der Waals surface area contributed by atoms with E-state index in [9.17, 15) is 19.8 Å². The molecule has 0 spiro atoms. The monoisotopic (exact) mass is 676 g/mol. The molecule has 1 fully saturated rings. The minimum absolute atomic E-state index is 0.00990. The van der Waals surface area contributed by atoms with E-state index in [1.807, 2.05) is 85.0 Å². The summed E-state index contributed by atoms with van der Waals surface area (Å²) in [4.78, 5) is 27.2. The van der Waals surface area contributed by atoms with Gasteiger partial charge in [0, 0.05) is 45.3 Å². The molecule has 1 amide bonds. The Bertz CT molecular complexity index is 1270. The molecular weight excluding hydrogens is 623 g/mol. The van der Waals surface area contributed by atoms with E-state index in [1.54, 1.807) is 20.1 Å². The lowest BCUT2D eigenvalue weighted by Crippen LogP contribution is -2.35. The van der Waals surface area contributed by atoms with Crippen molar-refractivity contribution in [1.29, 1.82) is 0 Å². The molecule has 1 saturated heterocycles. The quantitative estimate of drug-likeness (QED) is 0.0940. The van der Waals surface area contributed by atoms with E-state index in [0.29, 0.717) is 26.1 Å². The second kappa shape index (κ2) is 24.8. The Morgan fingerprint density at radius 1 is 1.26 bits per heavy atom. The van der Waals surface area contributed by atoms with Gasteiger partial charge < -0.3 is 29.5 Å². The van der Waals surface area contributed by atoms with Gasteiger partial charge in [-0.1, -0.05) is 68.0 Å². The number of aliphatic carboxylic acids is 1. The molecule has 2 N–H and O–H groups in total. The van der Waals surface area contributed by atoms with Crippen molar-refractivity contribution in [2.75, 3.05) is 40.4 Å². The Hall–Kier alpha value is -3.34. The number of hydrogen-bond donors (Lipinski definition) is 2. The maximum atomic E-state index is 12.4. The number of ether oxygens (including phenoxy) is 2. The van der Waals surface area contributed by atoms with Crippen LogP contribution in [0.25, 0.3) is 5.57 Å². The fourth-order valence-electron chi connectivity index (χ4n) is 4.10. The molecular formula is C36H54ClN2O6P. The number of phenols is 1. The second-order valence-electron chi connectivity index (χ2n) is 10.2. The van der Waals surface area contributed by atoms with Crippen LogP contribution in [0.3, 0.4) is 0 Å². The first-order valence-electron chi connectivity index (χ1n) is 15.1. The number of phenolic OH excluding ortho intramolecular Hbond substituents is 1. The number of carbonyl (C=O) groups is 2. The number of terminal acetylenes is 1. The zero-order chi connectivity index (χ0) is 35.9. The van der Waals surface area contributed by atoms with E-state index in [4.69, 9.17) is 16.3 Å². The summed E-state index contributed by atoms with van der Waals surface area (Å²) >= 11 is 6.10. The van der Waals surface area contributed by atoms with Gasteiger partial charge in [0.25, 0.3) is 0 Å². The first kappa shape index (κ1) is 44.8. The van der Waals surface area contributed by atoms with Gasteiger partial charge in [-0.25, -0.2) is 9.59 Å². The largest absolute Gasteiger partial charge is 0.507 e. The standard InChI is InChI=1S/C29H38ClN2O5P.C3H8O.C2H6.C2H2/c1-6-8-22(38)11-9-20(3)24-12-10-21(17-26(24)33)18-31(5)16-14-29(4)19-32(28(36)37-29)15-13-25(30)23(7-2)27(34)35;1-3-4-2;2*1-2/h6-13,17,33H,14-16,18-19,38H2,1-5H3,(H,34,35);3H2,1-2H3;1-2H3;1-2H/b8-6-,20-9+,22-11+,23-7+,25-13+;;;. The molecule has 0 aliphatic carbocycles. The van der Waals surface area contributed by atoms with Crippen molar-refractivity contribution in [1.82, 2.24) is 9.80 Å². The average molecular weight is 677 g/mol. The number of allylic oxidation sites excluding steroid dienone is 7. The molecule has 0 saturated carbocycles. The van der Waals surface area contributed by atoms with Crippen LogP contribution in [-0.4, -0.2) is 78.1 Å². The van der Waals surface area contributed by atoms with Crippen LogP contribution in [0.2, 0.25) is 0 Å². The van der Waals surface area contributed by atoms with Crippen molar-refractivity contribution in [3.8, 4) is 18.6 Å². The fourth-order valence-corrected chi connectivity index (χ4v) is 4.64. The second-order valence-corrected chi connectivity index (χ2v) is 11.3. The molecule has 1 aliphatic rings. The molecule has 2 atom stereocenters. The van der Waals surface area contributed by atoms with Crippen LogP contribution in [0.5, 0.6) is 5.75 Å². The zero-order valence-electron chi connectivity index (χ0n) is 29.0. The van der Waals surface area contributed by atoms with Crippen LogP contribution in [0.4, 0.5) is 4.79 Å². The summed E-state index contributed by atoms with van der Waals surface area (Å²) in [5, 5.41) is 20.9. The van der Waals surface area contributed by atoms with Crippen molar-refractivity contribution in [3.05, 3.63) is 81.7 Å². The lowest BCUT2D eigenvalue weighted by atomic mass is 10.0. The van der Waals surface area contributed by atoms with Crippen LogP contribution in [0.1, 0.15) is 66.0 Å². The third kappa shape index (κ3) is 16.8. The molecule has 1 aliphatic heterocycles. The third-order valence-electron chi connectivity index (χ3n) is 6.52. The lowest BCUT2D eigenvalue weighted by Gasteiger charge is -2.25.